The van der Waals surface area contributed by atoms with Gasteiger partial charge in [0.25, 0.3) is 0 Å². The summed E-state index contributed by atoms with van der Waals surface area (Å²) in [5, 5.41) is 6.49. The first kappa shape index (κ1) is 20.5. The lowest BCUT2D eigenvalue weighted by molar-refractivity contribution is 0.198. The Balaban J connectivity index is 1.86. The molecule has 2 rings (SSSR count). The smallest absolute Gasteiger partial charge is 0.191 e. The minimum atomic E-state index is -0.305. The number of aromatic nitrogens is 1. The lowest BCUT2D eigenvalue weighted by Gasteiger charge is -2.20. The van der Waals surface area contributed by atoms with Crippen LogP contribution in [-0.2, 0) is 6.54 Å². The van der Waals surface area contributed by atoms with Crippen molar-refractivity contribution in [2.75, 3.05) is 32.6 Å². The molecule has 1 heterocycles. The van der Waals surface area contributed by atoms with Crippen LogP contribution in [0, 0.1) is 5.82 Å². The van der Waals surface area contributed by atoms with Crippen LogP contribution in [0.4, 0.5) is 10.2 Å². The highest BCUT2D eigenvalue weighted by atomic mass is 19.1. The van der Waals surface area contributed by atoms with E-state index in [1.165, 1.54) is 12.1 Å². The van der Waals surface area contributed by atoms with Crippen molar-refractivity contribution >= 4 is 11.8 Å². The van der Waals surface area contributed by atoms with Gasteiger partial charge in [-0.15, -0.1) is 0 Å². The molecule has 0 radical (unpaired) electrons. The Hall–Kier alpha value is -2.83. The summed E-state index contributed by atoms with van der Waals surface area (Å²) in [5.41, 5.74) is 0.923. The van der Waals surface area contributed by atoms with E-state index in [0.29, 0.717) is 24.8 Å². The Kier molecular flexibility index (Phi) is 7.85. The number of rotatable bonds is 8. The monoisotopic (exact) mass is 373 g/mol. The molecule has 0 amide bonds. The van der Waals surface area contributed by atoms with Gasteiger partial charge in [0.2, 0.25) is 0 Å². The number of benzene rings is 1. The second-order valence-corrected chi connectivity index (χ2v) is 6.29. The summed E-state index contributed by atoms with van der Waals surface area (Å²) < 4.78 is 19.1. The molecule has 6 nitrogen and oxygen atoms in total. The lowest BCUT2D eigenvalue weighted by atomic mass is 10.2. The van der Waals surface area contributed by atoms with E-state index in [4.69, 9.17) is 4.74 Å². The molecule has 0 bridgehead atoms. The van der Waals surface area contributed by atoms with Crippen LogP contribution in [0.2, 0.25) is 0 Å². The number of pyridine rings is 1. The number of nitrogens with one attached hydrogen (secondary N) is 2. The molecule has 1 aromatic carbocycles. The molecule has 0 saturated heterocycles. The van der Waals surface area contributed by atoms with E-state index in [9.17, 15) is 4.39 Å². The standard InChI is InChI=1S/C20H28FN5O/c1-5-17(27-18-10-6-8-15(21)12-18)14-24-20(22-2)23-13-16-9-7-11-19(25-16)26(3)4/h6-12,17H,5,13-14H2,1-4H3,(H2,22,23,24). The molecule has 7 heteroatoms. The quantitative estimate of drug-likeness (QED) is 0.550. The van der Waals surface area contributed by atoms with Gasteiger partial charge in [-0.2, -0.15) is 0 Å². The van der Waals surface area contributed by atoms with E-state index in [1.54, 1.807) is 19.2 Å². The van der Waals surface area contributed by atoms with Gasteiger partial charge in [0.1, 0.15) is 23.5 Å². The van der Waals surface area contributed by atoms with Gasteiger partial charge < -0.3 is 20.3 Å². The molecular formula is C20H28FN5O. The Bertz CT molecular complexity index is 751. The van der Waals surface area contributed by atoms with Gasteiger partial charge >= 0.3 is 0 Å². The van der Waals surface area contributed by atoms with Crippen molar-refractivity contribution in [1.82, 2.24) is 15.6 Å². The number of nitrogens with zero attached hydrogens (tertiary/aromatic N) is 3. The molecule has 0 aliphatic rings. The summed E-state index contributed by atoms with van der Waals surface area (Å²) in [5.74, 6) is 1.79. The number of ether oxygens (including phenoxy) is 1. The zero-order chi connectivity index (χ0) is 19.6. The molecule has 0 aliphatic heterocycles. The van der Waals surface area contributed by atoms with E-state index in [-0.39, 0.29) is 11.9 Å². The highest BCUT2D eigenvalue weighted by Gasteiger charge is 2.10. The number of halogens is 1. The lowest BCUT2D eigenvalue weighted by Crippen LogP contribution is -2.42. The Labute approximate surface area is 160 Å². The van der Waals surface area contributed by atoms with Crippen molar-refractivity contribution < 1.29 is 9.13 Å². The highest BCUT2D eigenvalue weighted by molar-refractivity contribution is 5.79. The normalized spacial score (nSPS) is 12.4. The summed E-state index contributed by atoms with van der Waals surface area (Å²) in [7, 11) is 5.64. The fourth-order valence-electron chi connectivity index (χ4n) is 2.42. The summed E-state index contributed by atoms with van der Waals surface area (Å²) in [4.78, 5) is 10.8. The molecule has 0 aliphatic carbocycles. The molecular weight excluding hydrogens is 345 g/mol. The number of guanidine groups is 1. The summed E-state index contributed by atoms with van der Waals surface area (Å²) in [6, 6.07) is 12.1. The highest BCUT2D eigenvalue weighted by Crippen LogP contribution is 2.14. The fraction of sp³-hybridized carbons (Fsp3) is 0.400. The number of hydrogen-bond donors (Lipinski definition) is 2. The number of hydrogen-bond acceptors (Lipinski definition) is 4. The van der Waals surface area contributed by atoms with Crippen molar-refractivity contribution in [3.05, 3.63) is 54.0 Å². The Morgan fingerprint density at radius 3 is 2.67 bits per heavy atom. The zero-order valence-corrected chi connectivity index (χ0v) is 16.4. The number of aliphatic imine (C=N–C) groups is 1. The molecule has 2 N–H and O–H groups in total. The first-order valence-corrected chi connectivity index (χ1v) is 9.01. The van der Waals surface area contributed by atoms with Crippen LogP contribution in [0.25, 0.3) is 0 Å². The predicted octanol–water partition coefficient (Wildman–Crippen LogP) is 2.81. The molecule has 27 heavy (non-hydrogen) atoms. The first-order valence-electron chi connectivity index (χ1n) is 9.01. The average molecular weight is 373 g/mol. The van der Waals surface area contributed by atoms with E-state index < -0.39 is 0 Å². The maximum absolute atomic E-state index is 13.3. The van der Waals surface area contributed by atoms with Gasteiger partial charge in [-0.25, -0.2) is 9.37 Å². The second kappa shape index (κ2) is 10.4. The van der Waals surface area contributed by atoms with Crippen LogP contribution in [0.5, 0.6) is 5.75 Å². The zero-order valence-electron chi connectivity index (χ0n) is 16.4. The van der Waals surface area contributed by atoms with Crippen molar-refractivity contribution in [2.24, 2.45) is 4.99 Å². The molecule has 0 fully saturated rings. The molecule has 0 saturated carbocycles. The molecule has 1 atom stereocenters. The van der Waals surface area contributed by atoms with Crippen LogP contribution >= 0.6 is 0 Å². The molecule has 146 valence electrons. The van der Waals surface area contributed by atoms with Crippen molar-refractivity contribution in [3.63, 3.8) is 0 Å². The third-order valence-corrected chi connectivity index (χ3v) is 3.96. The third-order valence-electron chi connectivity index (χ3n) is 3.96. The molecule has 1 unspecified atom stereocenters. The van der Waals surface area contributed by atoms with Gasteiger partial charge in [0.05, 0.1) is 18.8 Å². The van der Waals surface area contributed by atoms with Gasteiger partial charge in [-0.1, -0.05) is 19.1 Å². The Morgan fingerprint density at radius 1 is 1.22 bits per heavy atom. The average Bonchev–Trinajstić information content (AvgIpc) is 2.67. The van der Waals surface area contributed by atoms with Gasteiger partial charge in [0.15, 0.2) is 5.96 Å². The van der Waals surface area contributed by atoms with Crippen molar-refractivity contribution in [2.45, 2.75) is 26.0 Å². The minimum absolute atomic E-state index is 0.0967. The summed E-state index contributed by atoms with van der Waals surface area (Å²) in [6.07, 6.45) is 0.688. The molecule has 2 aromatic rings. The minimum Gasteiger partial charge on any atom is -0.489 e. The maximum Gasteiger partial charge on any atom is 0.191 e. The Morgan fingerprint density at radius 2 is 2.00 bits per heavy atom. The third kappa shape index (κ3) is 6.77. The molecule has 0 spiro atoms. The van der Waals surface area contributed by atoms with Crippen LogP contribution < -0.4 is 20.3 Å². The summed E-state index contributed by atoms with van der Waals surface area (Å²) in [6.45, 7) is 3.14. The SMILES string of the molecule is CCC(CNC(=NC)NCc1cccc(N(C)C)n1)Oc1cccc(F)c1. The van der Waals surface area contributed by atoms with Crippen LogP contribution in [0.15, 0.2) is 47.5 Å². The van der Waals surface area contributed by atoms with Gasteiger partial charge in [-0.05, 0) is 30.7 Å². The second-order valence-electron chi connectivity index (χ2n) is 6.29. The van der Waals surface area contributed by atoms with Crippen LogP contribution in [-0.4, -0.2) is 44.7 Å². The van der Waals surface area contributed by atoms with Crippen molar-refractivity contribution in [1.29, 1.82) is 0 Å². The van der Waals surface area contributed by atoms with E-state index >= 15 is 0 Å². The maximum atomic E-state index is 13.3. The first-order chi connectivity index (χ1) is 13.0. The fourth-order valence-corrected chi connectivity index (χ4v) is 2.42. The van der Waals surface area contributed by atoms with Crippen molar-refractivity contribution in [3.8, 4) is 5.75 Å². The largest absolute Gasteiger partial charge is 0.489 e. The van der Waals surface area contributed by atoms with E-state index in [1.807, 2.05) is 44.1 Å². The van der Waals surface area contributed by atoms with Crippen LogP contribution in [0.3, 0.4) is 0 Å². The molecule has 1 aromatic heterocycles. The van der Waals surface area contributed by atoms with Crippen LogP contribution in [0.1, 0.15) is 19.0 Å². The number of anilines is 1. The van der Waals surface area contributed by atoms with E-state index in [2.05, 4.69) is 20.6 Å². The topological polar surface area (TPSA) is 61.8 Å². The van der Waals surface area contributed by atoms with Gasteiger partial charge in [-0.3, -0.25) is 4.99 Å². The summed E-state index contributed by atoms with van der Waals surface area (Å²) >= 11 is 0. The van der Waals surface area contributed by atoms with Gasteiger partial charge in [0, 0.05) is 27.2 Å². The predicted molar refractivity (Wildman–Crippen MR) is 108 cm³/mol. The van der Waals surface area contributed by atoms with E-state index in [0.717, 1.165) is 17.9 Å².